The van der Waals surface area contributed by atoms with Gasteiger partial charge in [-0.25, -0.2) is 8.42 Å². The number of alkyl halides is 3. The molecule has 3 rings (SSSR count). The van der Waals surface area contributed by atoms with Gasteiger partial charge in [0.25, 0.3) is 10.0 Å². The van der Waals surface area contributed by atoms with Crippen molar-refractivity contribution >= 4 is 62.3 Å². The third-order valence-electron chi connectivity index (χ3n) is 6.90. The van der Waals surface area contributed by atoms with Gasteiger partial charge in [-0.1, -0.05) is 72.9 Å². The maximum Gasteiger partial charge on any atom is 0.417 e. The van der Waals surface area contributed by atoms with E-state index in [9.17, 15) is 31.2 Å². The van der Waals surface area contributed by atoms with Crippen molar-refractivity contribution in [3.8, 4) is 0 Å². The fraction of sp³-hybridized carbons (Fsp3) is 0.333. The smallest absolute Gasteiger partial charge is 0.352 e. The number of amides is 2. The zero-order valence-electron chi connectivity index (χ0n) is 24.0. The van der Waals surface area contributed by atoms with Gasteiger partial charge in [0.15, 0.2) is 0 Å². The average molecular weight is 693 g/mol. The van der Waals surface area contributed by atoms with Crippen molar-refractivity contribution in [3.05, 3.63) is 92.9 Å². The largest absolute Gasteiger partial charge is 0.417 e. The van der Waals surface area contributed by atoms with Gasteiger partial charge in [0.1, 0.15) is 12.6 Å². The number of nitrogens with zero attached hydrogens (tertiary/aromatic N) is 2. The molecule has 0 unspecified atom stereocenters. The summed E-state index contributed by atoms with van der Waals surface area (Å²) in [5.41, 5.74) is -1.30. The topological polar surface area (TPSA) is 86.8 Å². The van der Waals surface area contributed by atoms with Gasteiger partial charge in [-0.05, 0) is 67.8 Å². The molecule has 0 aliphatic heterocycles. The van der Waals surface area contributed by atoms with Crippen LogP contribution in [0.1, 0.15) is 44.7 Å². The maximum atomic E-state index is 14.1. The summed E-state index contributed by atoms with van der Waals surface area (Å²) in [7, 11) is -4.59. The van der Waals surface area contributed by atoms with Crippen LogP contribution < -0.4 is 9.62 Å². The fourth-order valence-corrected chi connectivity index (χ4v) is 6.45. The second-order valence-corrected chi connectivity index (χ2v) is 13.1. The van der Waals surface area contributed by atoms with Crippen molar-refractivity contribution in [3.63, 3.8) is 0 Å². The Morgan fingerprint density at radius 2 is 1.57 bits per heavy atom. The van der Waals surface area contributed by atoms with E-state index in [4.69, 9.17) is 34.8 Å². The lowest BCUT2D eigenvalue weighted by Crippen LogP contribution is -2.53. The number of halogens is 6. The first-order valence-corrected chi connectivity index (χ1v) is 16.2. The molecule has 238 valence electrons. The first kappa shape index (κ1) is 35.5. The highest BCUT2D eigenvalue weighted by molar-refractivity contribution is 7.92. The number of benzene rings is 3. The van der Waals surface area contributed by atoms with E-state index in [0.717, 1.165) is 12.1 Å². The van der Waals surface area contributed by atoms with Crippen molar-refractivity contribution in [1.82, 2.24) is 10.2 Å². The summed E-state index contributed by atoms with van der Waals surface area (Å²) in [6, 6.07) is 12.8. The number of sulfonamides is 1. The molecule has 0 saturated heterocycles. The molecule has 1 N–H and O–H groups in total. The van der Waals surface area contributed by atoms with Crippen molar-refractivity contribution in [2.75, 3.05) is 10.8 Å². The minimum atomic E-state index is -4.90. The van der Waals surface area contributed by atoms with Gasteiger partial charge in [0.2, 0.25) is 11.8 Å². The van der Waals surface area contributed by atoms with Crippen molar-refractivity contribution < 1.29 is 31.2 Å². The molecular formula is C30H31Cl3F3N3O4S. The van der Waals surface area contributed by atoms with Crippen LogP contribution in [0.15, 0.2) is 71.6 Å². The number of carbonyl (C=O) groups is 2. The Bertz CT molecular complexity index is 1590. The molecule has 2 atom stereocenters. The molecule has 7 nitrogen and oxygen atoms in total. The molecular weight excluding hydrogens is 662 g/mol. The van der Waals surface area contributed by atoms with Gasteiger partial charge < -0.3 is 10.2 Å². The summed E-state index contributed by atoms with van der Waals surface area (Å²) in [6.07, 6.45) is -4.15. The highest BCUT2D eigenvalue weighted by Gasteiger charge is 2.37. The third-order valence-corrected chi connectivity index (χ3v) is 9.60. The lowest BCUT2D eigenvalue weighted by atomic mass is 10.1. The number of hydrogen-bond acceptors (Lipinski definition) is 4. The molecule has 2 amide bonds. The molecule has 0 heterocycles. The third kappa shape index (κ3) is 8.59. The van der Waals surface area contributed by atoms with Gasteiger partial charge in [-0.3, -0.25) is 13.9 Å². The molecule has 0 aliphatic carbocycles. The number of hydrogen-bond donors (Lipinski definition) is 1. The molecule has 14 heteroatoms. The van der Waals surface area contributed by atoms with Gasteiger partial charge >= 0.3 is 6.18 Å². The molecule has 0 spiro atoms. The van der Waals surface area contributed by atoms with Crippen LogP contribution in [0.3, 0.4) is 0 Å². The van der Waals surface area contributed by atoms with Crippen LogP contribution >= 0.6 is 34.8 Å². The Kier molecular flexibility index (Phi) is 12.0. The number of anilines is 1. The van der Waals surface area contributed by atoms with E-state index < -0.39 is 56.9 Å². The van der Waals surface area contributed by atoms with Gasteiger partial charge in [0, 0.05) is 22.6 Å². The molecule has 0 bridgehead atoms. The second-order valence-electron chi connectivity index (χ2n) is 9.99. The van der Waals surface area contributed by atoms with E-state index >= 15 is 0 Å². The van der Waals surface area contributed by atoms with Crippen LogP contribution in [0.4, 0.5) is 18.9 Å². The monoisotopic (exact) mass is 691 g/mol. The average Bonchev–Trinajstić information content (AvgIpc) is 2.96. The fourth-order valence-electron chi connectivity index (χ4n) is 4.33. The predicted molar refractivity (Wildman–Crippen MR) is 166 cm³/mol. The predicted octanol–water partition coefficient (Wildman–Crippen LogP) is 7.58. The zero-order valence-corrected chi connectivity index (χ0v) is 27.1. The first-order valence-electron chi connectivity index (χ1n) is 13.6. The van der Waals surface area contributed by atoms with E-state index in [1.54, 1.807) is 32.0 Å². The molecule has 0 aliphatic rings. The molecule has 0 radical (unpaired) electrons. The van der Waals surface area contributed by atoms with Crippen LogP contribution in [-0.4, -0.2) is 43.8 Å². The lowest BCUT2D eigenvalue weighted by Gasteiger charge is -2.34. The van der Waals surface area contributed by atoms with Gasteiger partial charge in [-0.2, -0.15) is 13.2 Å². The highest BCUT2D eigenvalue weighted by Crippen LogP contribution is 2.38. The van der Waals surface area contributed by atoms with E-state index in [2.05, 4.69) is 5.32 Å². The molecule has 0 saturated carbocycles. The molecule has 3 aromatic rings. The lowest BCUT2D eigenvalue weighted by molar-refractivity contribution is -0.140. The van der Waals surface area contributed by atoms with Gasteiger partial charge in [-0.15, -0.1) is 0 Å². The summed E-state index contributed by atoms with van der Waals surface area (Å²) < 4.78 is 69.7. The second kappa shape index (κ2) is 14.9. The Morgan fingerprint density at radius 1 is 0.909 bits per heavy atom. The summed E-state index contributed by atoms with van der Waals surface area (Å²) in [4.78, 5) is 28.4. The van der Waals surface area contributed by atoms with Gasteiger partial charge in [0.05, 0.1) is 21.2 Å². The summed E-state index contributed by atoms with van der Waals surface area (Å²) in [5.74, 6) is -1.34. The zero-order chi connectivity index (χ0) is 32.8. The Hall–Kier alpha value is -2.99. The quantitative estimate of drug-likeness (QED) is 0.212. The number of nitrogens with one attached hydrogen (secondary N) is 1. The Labute approximate surface area is 269 Å². The molecule has 44 heavy (non-hydrogen) atoms. The summed E-state index contributed by atoms with van der Waals surface area (Å²) in [6.45, 7) is 4.19. The normalized spacial score (nSPS) is 13.2. The maximum absolute atomic E-state index is 14.1. The molecule has 0 fully saturated rings. The molecule has 0 aromatic heterocycles. The Balaban J connectivity index is 2.16. The number of carbonyl (C=O) groups excluding carboxylic acids is 2. The van der Waals surface area contributed by atoms with E-state index in [1.807, 2.05) is 6.92 Å². The minimum Gasteiger partial charge on any atom is -0.352 e. The van der Waals surface area contributed by atoms with Crippen molar-refractivity contribution in [1.29, 1.82) is 0 Å². The van der Waals surface area contributed by atoms with Crippen molar-refractivity contribution in [2.45, 2.75) is 63.3 Å². The van der Waals surface area contributed by atoms with Crippen LogP contribution in [0.25, 0.3) is 0 Å². The first-order chi connectivity index (χ1) is 20.6. The van der Waals surface area contributed by atoms with E-state index in [1.165, 1.54) is 35.2 Å². The van der Waals surface area contributed by atoms with Crippen LogP contribution in [0, 0.1) is 0 Å². The number of rotatable bonds is 12. The standard InChI is InChI=1S/C30H31Cl3F3N3O4S/c1-4-19(3)37-29(41)27(5-2)38(17-20-11-12-21(31)15-26(20)33)28(40)18-39(44(42,43)23-9-7-6-8-10-23)22-13-14-25(32)24(16-22)30(34,35)36/h6-16,19,27H,4-5,17-18H2,1-3H3,(H,37,41)/t19-,27+/m1/s1. The minimum absolute atomic E-state index is 0.143. The van der Waals surface area contributed by atoms with Crippen molar-refractivity contribution in [2.24, 2.45) is 0 Å². The van der Waals surface area contributed by atoms with E-state index in [-0.39, 0.29) is 28.9 Å². The highest BCUT2D eigenvalue weighted by atomic mass is 35.5. The summed E-state index contributed by atoms with van der Waals surface area (Å²) >= 11 is 18.2. The van der Waals surface area contributed by atoms with Crippen LogP contribution in [0.5, 0.6) is 0 Å². The molecule has 3 aromatic carbocycles. The SMILES string of the molecule is CC[C@@H](C)NC(=O)[C@H](CC)N(Cc1ccc(Cl)cc1Cl)C(=O)CN(c1ccc(Cl)c(C(F)(F)F)c1)S(=O)(=O)c1ccccc1. The van der Waals surface area contributed by atoms with E-state index in [0.29, 0.717) is 27.4 Å². The Morgan fingerprint density at radius 3 is 2.14 bits per heavy atom. The van der Waals surface area contributed by atoms with Crippen LogP contribution in [-0.2, 0) is 32.3 Å². The van der Waals surface area contributed by atoms with Crippen LogP contribution in [0.2, 0.25) is 15.1 Å². The summed E-state index contributed by atoms with van der Waals surface area (Å²) in [5, 5.41) is 2.73.